The minimum Gasteiger partial charge on any atom is -0.507 e. The normalized spacial score (nSPS) is 12.5. The van der Waals surface area contributed by atoms with Gasteiger partial charge in [-0.1, -0.05) is 222 Å². The number of nitrogens with zero attached hydrogens (tertiary/aromatic N) is 3. The van der Waals surface area contributed by atoms with Crippen molar-refractivity contribution in [2.24, 2.45) is 0 Å². The van der Waals surface area contributed by atoms with Crippen molar-refractivity contribution in [1.82, 2.24) is 14.5 Å². The first-order chi connectivity index (χ1) is 33.8. The number of rotatable bonds is 8. The van der Waals surface area contributed by atoms with Crippen LogP contribution in [0.15, 0.2) is 158 Å². The summed E-state index contributed by atoms with van der Waals surface area (Å²) in [5.41, 5.74) is 17.6. The summed E-state index contributed by atoms with van der Waals surface area (Å²) in [6.45, 7) is 34.0. The minimum atomic E-state index is -1.41. The molecule has 0 bridgehead atoms. The molecular formula is C67H72N3OPtSi-. The van der Waals surface area contributed by atoms with Gasteiger partial charge in [-0.15, -0.1) is 29.3 Å². The molecule has 0 saturated heterocycles. The first kappa shape index (κ1) is 53.2. The zero-order chi connectivity index (χ0) is 51.7. The number of hydrogen-bond donors (Lipinski definition) is 1. The van der Waals surface area contributed by atoms with Crippen LogP contribution in [0.4, 0.5) is 0 Å². The van der Waals surface area contributed by atoms with Crippen LogP contribution < -0.4 is 5.19 Å². The van der Waals surface area contributed by atoms with E-state index in [9.17, 15) is 5.11 Å². The second-order valence-electron chi connectivity index (χ2n) is 25.0. The first-order valence-corrected chi connectivity index (χ1v) is 29.1. The van der Waals surface area contributed by atoms with Crippen LogP contribution in [0.2, 0.25) is 19.6 Å². The molecule has 9 rings (SSSR count). The number of imidazole rings is 1. The number of phenolic OH excluding ortho intramolecular Hbond substituents is 1. The predicted octanol–water partition coefficient (Wildman–Crippen LogP) is 17.7. The molecule has 4 nitrogen and oxygen atoms in total. The number of aromatic nitrogens is 3. The monoisotopic (exact) mass is 1160 g/mol. The fourth-order valence-electron chi connectivity index (χ4n) is 9.68. The summed E-state index contributed by atoms with van der Waals surface area (Å²) in [5, 5.41) is 14.1. The Bertz CT molecular complexity index is 3480. The smallest absolute Gasteiger partial charge is 0.148 e. The van der Waals surface area contributed by atoms with Crippen molar-refractivity contribution in [2.45, 2.75) is 124 Å². The van der Waals surface area contributed by atoms with Crippen molar-refractivity contribution in [3.05, 3.63) is 186 Å². The van der Waals surface area contributed by atoms with Gasteiger partial charge in [0.1, 0.15) is 11.6 Å². The van der Waals surface area contributed by atoms with E-state index in [1.165, 1.54) is 27.4 Å². The van der Waals surface area contributed by atoms with Gasteiger partial charge in [0, 0.05) is 44.1 Å². The Hall–Kier alpha value is -6.13. The number of hydrogen-bond acceptors (Lipinski definition) is 3. The van der Waals surface area contributed by atoms with Gasteiger partial charge in [-0.2, -0.15) is 0 Å². The molecular weight excluding hydrogens is 1090 g/mol. The number of benzene rings is 7. The third-order valence-corrected chi connectivity index (χ3v) is 16.3. The number of pyridine rings is 1. The molecule has 0 amide bonds. The van der Waals surface area contributed by atoms with E-state index in [1.54, 1.807) is 0 Å². The second kappa shape index (κ2) is 19.6. The van der Waals surface area contributed by atoms with E-state index in [0.717, 1.165) is 72.5 Å². The van der Waals surface area contributed by atoms with Crippen LogP contribution in [0.25, 0.3) is 83.9 Å². The average Bonchev–Trinajstić information content (AvgIpc) is 3.72. The van der Waals surface area contributed by atoms with E-state index < -0.39 is 8.07 Å². The van der Waals surface area contributed by atoms with E-state index in [1.807, 2.05) is 6.20 Å². The van der Waals surface area contributed by atoms with Gasteiger partial charge in [-0.3, -0.25) is 9.55 Å². The van der Waals surface area contributed by atoms with Crippen molar-refractivity contribution >= 4 is 24.3 Å². The fourth-order valence-corrected chi connectivity index (χ4v) is 10.8. The average molecular weight is 1160 g/mol. The van der Waals surface area contributed by atoms with Crippen LogP contribution in [0, 0.1) is 6.07 Å². The second-order valence-corrected chi connectivity index (χ2v) is 30.1. The van der Waals surface area contributed by atoms with Crippen molar-refractivity contribution in [1.29, 1.82) is 0 Å². The van der Waals surface area contributed by atoms with Crippen molar-refractivity contribution < 1.29 is 26.2 Å². The molecule has 0 radical (unpaired) electrons. The summed E-state index contributed by atoms with van der Waals surface area (Å²) in [4.78, 5) is 10.7. The third-order valence-electron chi connectivity index (χ3n) is 14.2. The van der Waals surface area contributed by atoms with Gasteiger partial charge in [0.05, 0.1) is 30.4 Å². The zero-order valence-corrected chi connectivity index (χ0v) is 48.9. The summed E-state index contributed by atoms with van der Waals surface area (Å²) in [5.74, 6) is 0.934. The molecule has 6 heteroatoms. The number of fused-ring (bicyclic) bond motifs is 1. The molecule has 9 aromatic rings. The molecule has 0 aliphatic carbocycles. The Morgan fingerprint density at radius 1 is 0.479 bits per heavy atom. The van der Waals surface area contributed by atoms with Crippen molar-refractivity contribution in [2.75, 3.05) is 0 Å². The molecule has 0 spiro atoms. The Balaban J connectivity index is 0.00000711. The standard InChI is InChI=1S/C67H72N3OSi.Pt/c1-64(2,3)50-29-32-59(55(40-50)44-21-17-16-18-22-44)70-60-26-20-25-54(61(60)69-63(70)56-41-52(66(7,8)9)42-57(62(56)71)67(10,11)12)48-36-49(38-51(37-48)65(4,5)6)58-39-47(33-34-68-58)46-24-19-23-45(35-46)43-27-30-53(31-28-43)72(13,14)15;/h16-35,37-42,71H,1-15H3;/q-1;. The summed E-state index contributed by atoms with van der Waals surface area (Å²) >= 11 is 0. The molecule has 376 valence electrons. The summed E-state index contributed by atoms with van der Waals surface area (Å²) < 4.78 is 2.29. The van der Waals surface area contributed by atoms with Gasteiger partial charge in [-0.05, 0) is 97.0 Å². The van der Waals surface area contributed by atoms with E-state index in [4.69, 9.17) is 9.97 Å². The number of para-hydroxylation sites is 1. The Kier molecular flexibility index (Phi) is 14.3. The molecule has 0 unspecified atom stereocenters. The molecule has 73 heavy (non-hydrogen) atoms. The number of aromatic hydroxyl groups is 1. The number of phenols is 1. The van der Waals surface area contributed by atoms with E-state index in [0.29, 0.717) is 11.4 Å². The summed E-state index contributed by atoms with van der Waals surface area (Å²) in [7, 11) is -1.41. The van der Waals surface area contributed by atoms with Gasteiger partial charge in [-0.25, -0.2) is 4.98 Å². The molecule has 7 aromatic carbocycles. The first-order valence-electron chi connectivity index (χ1n) is 25.6. The van der Waals surface area contributed by atoms with Crippen LogP contribution in [-0.2, 0) is 42.7 Å². The van der Waals surface area contributed by atoms with Gasteiger partial charge in [0.15, 0.2) is 0 Å². The predicted molar refractivity (Wildman–Crippen MR) is 310 cm³/mol. The van der Waals surface area contributed by atoms with Crippen LogP contribution in [0.5, 0.6) is 5.75 Å². The summed E-state index contributed by atoms with van der Waals surface area (Å²) in [6.07, 6.45) is 1.92. The van der Waals surface area contributed by atoms with E-state index in [2.05, 4.69) is 265 Å². The van der Waals surface area contributed by atoms with Crippen molar-refractivity contribution in [3.63, 3.8) is 0 Å². The zero-order valence-electron chi connectivity index (χ0n) is 45.6. The summed E-state index contributed by atoms with van der Waals surface area (Å²) in [6, 6.07) is 59.0. The van der Waals surface area contributed by atoms with E-state index in [-0.39, 0.29) is 48.5 Å². The fraction of sp³-hybridized carbons (Fsp3) is 0.284. The minimum absolute atomic E-state index is 0. The largest absolute Gasteiger partial charge is 0.507 e. The Morgan fingerprint density at radius 2 is 1.05 bits per heavy atom. The van der Waals surface area contributed by atoms with Crippen LogP contribution in [0.3, 0.4) is 0 Å². The topological polar surface area (TPSA) is 50.9 Å². The Labute approximate surface area is 451 Å². The van der Waals surface area contributed by atoms with Gasteiger partial charge < -0.3 is 5.11 Å². The van der Waals surface area contributed by atoms with Crippen molar-refractivity contribution in [3.8, 4) is 78.6 Å². The maximum atomic E-state index is 12.6. The molecule has 0 fully saturated rings. The molecule has 0 aliphatic heterocycles. The molecule has 1 N–H and O–H groups in total. The maximum Gasteiger partial charge on any atom is 0.148 e. The third kappa shape index (κ3) is 10.9. The van der Waals surface area contributed by atoms with Gasteiger partial charge >= 0.3 is 0 Å². The molecule has 2 aromatic heterocycles. The van der Waals surface area contributed by atoms with Crippen LogP contribution >= 0.6 is 0 Å². The maximum absolute atomic E-state index is 12.6. The molecule has 0 atom stereocenters. The van der Waals surface area contributed by atoms with Crippen LogP contribution in [-0.4, -0.2) is 27.7 Å². The van der Waals surface area contributed by atoms with Gasteiger partial charge in [0.2, 0.25) is 0 Å². The van der Waals surface area contributed by atoms with Gasteiger partial charge in [0.25, 0.3) is 0 Å². The molecule has 2 heterocycles. The molecule has 0 aliphatic rings. The molecule has 0 saturated carbocycles. The Morgan fingerprint density at radius 3 is 1.68 bits per heavy atom. The quantitative estimate of drug-likeness (QED) is 0.122. The van der Waals surface area contributed by atoms with E-state index >= 15 is 0 Å². The van der Waals surface area contributed by atoms with Crippen LogP contribution in [0.1, 0.15) is 105 Å². The SMILES string of the molecule is CC(C)(C)c1cc(-c2cc(-c3cccc(-c4ccc([Si](C)(C)C)cc4)c3)ccn2)[c-]c(-c2cccc3c2nc(-c2cc(C(C)(C)C)cc(C(C)(C)C)c2O)n3-c2ccc(C(C)(C)C)cc2-c2ccccc2)c1.[Pt].